The summed E-state index contributed by atoms with van der Waals surface area (Å²) in [6.45, 7) is 2.22. The van der Waals surface area contributed by atoms with Crippen LogP contribution in [0.2, 0.25) is 0 Å². The summed E-state index contributed by atoms with van der Waals surface area (Å²) in [5, 5.41) is 1.14. The molecule has 0 N–H and O–H groups in total. The molecule has 1 aromatic heterocycles. The molecule has 0 atom stereocenters. The van der Waals surface area contributed by atoms with E-state index in [0.717, 1.165) is 11.9 Å². The van der Waals surface area contributed by atoms with Crippen LogP contribution in [-0.4, -0.2) is 28.8 Å². The first-order valence-corrected chi connectivity index (χ1v) is 7.00. The van der Waals surface area contributed by atoms with E-state index in [1.807, 2.05) is 12.4 Å². The summed E-state index contributed by atoms with van der Waals surface area (Å²) in [6, 6.07) is 4.19. The minimum absolute atomic E-state index is 0.543. The largest absolute Gasteiger partial charge is 0.302 e. The van der Waals surface area contributed by atoms with Crippen LogP contribution < -0.4 is 0 Å². The number of hydrogen-bond donors (Lipinski definition) is 0. The highest BCUT2D eigenvalue weighted by molar-refractivity contribution is 9.09. The molecule has 16 heavy (non-hydrogen) atoms. The fraction of sp³-hybridized carbons (Fsp3) is 0.615. The second-order valence-electron chi connectivity index (χ2n) is 5.01. The molecule has 0 radical (unpaired) electrons. The van der Waals surface area contributed by atoms with Crippen molar-refractivity contribution in [3.8, 4) is 0 Å². The van der Waals surface area contributed by atoms with Crippen molar-refractivity contribution in [1.29, 1.82) is 0 Å². The Bertz CT molecular complexity index is 316. The van der Waals surface area contributed by atoms with E-state index in [4.69, 9.17) is 0 Å². The molecule has 0 saturated heterocycles. The van der Waals surface area contributed by atoms with E-state index in [-0.39, 0.29) is 0 Å². The van der Waals surface area contributed by atoms with Crippen LogP contribution >= 0.6 is 15.9 Å². The minimum Gasteiger partial charge on any atom is -0.302 e. The van der Waals surface area contributed by atoms with Gasteiger partial charge in [-0.1, -0.05) is 22.4 Å². The standard InChI is InChI=1S/C13H19BrN2/c1-16(9-12-3-7-15-8-4-12)11-13(10-14)5-2-6-13/h3-4,7-8H,2,5-6,9-11H2,1H3. The van der Waals surface area contributed by atoms with E-state index in [2.05, 4.69) is 45.0 Å². The Morgan fingerprint density at radius 2 is 2.06 bits per heavy atom. The zero-order chi connectivity index (χ0) is 11.4. The lowest BCUT2D eigenvalue weighted by Crippen LogP contribution is -2.41. The number of aromatic nitrogens is 1. The maximum Gasteiger partial charge on any atom is 0.0271 e. The van der Waals surface area contributed by atoms with E-state index in [1.165, 1.54) is 31.4 Å². The topological polar surface area (TPSA) is 16.1 Å². The van der Waals surface area contributed by atoms with Gasteiger partial charge in [-0.15, -0.1) is 0 Å². The zero-order valence-corrected chi connectivity index (χ0v) is 11.4. The van der Waals surface area contributed by atoms with Crippen LogP contribution in [0, 0.1) is 5.41 Å². The average molecular weight is 283 g/mol. The summed E-state index contributed by atoms with van der Waals surface area (Å²) in [5.74, 6) is 0. The van der Waals surface area contributed by atoms with Gasteiger partial charge in [0, 0.05) is 30.8 Å². The molecule has 0 spiro atoms. The number of hydrogen-bond acceptors (Lipinski definition) is 2. The Morgan fingerprint density at radius 3 is 2.56 bits per heavy atom. The van der Waals surface area contributed by atoms with Crippen molar-refractivity contribution < 1.29 is 0 Å². The van der Waals surface area contributed by atoms with Crippen LogP contribution in [-0.2, 0) is 6.54 Å². The molecule has 88 valence electrons. The van der Waals surface area contributed by atoms with Gasteiger partial charge < -0.3 is 4.90 Å². The molecular formula is C13H19BrN2. The molecule has 0 bridgehead atoms. The maximum atomic E-state index is 4.04. The van der Waals surface area contributed by atoms with Crippen molar-refractivity contribution in [3.63, 3.8) is 0 Å². The van der Waals surface area contributed by atoms with Crippen LogP contribution in [0.5, 0.6) is 0 Å². The summed E-state index contributed by atoms with van der Waals surface area (Å²) in [4.78, 5) is 6.47. The van der Waals surface area contributed by atoms with Crippen molar-refractivity contribution in [3.05, 3.63) is 30.1 Å². The van der Waals surface area contributed by atoms with E-state index in [0.29, 0.717) is 5.41 Å². The molecule has 0 unspecified atom stereocenters. The van der Waals surface area contributed by atoms with E-state index in [9.17, 15) is 0 Å². The Hall–Kier alpha value is -0.410. The number of pyridine rings is 1. The Balaban J connectivity index is 1.87. The van der Waals surface area contributed by atoms with Crippen LogP contribution in [0.15, 0.2) is 24.5 Å². The van der Waals surface area contributed by atoms with Crippen LogP contribution in [0.4, 0.5) is 0 Å². The van der Waals surface area contributed by atoms with Crippen molar-refractivity contribution in [2.24, 2.45) is 5.41 Å². The number of halogens is 1. The van der Waals surface area contributed by atoms with Gasteiger partial charge >= 0.3 is 0 Å². The van der Waals surface area contributed by atoms with Crippen molar-refractivity contribution in [1.82, 2.24) is 9.88 Å². The van der Waals surface area contributed by atoms with Crippen LogP contribution in [0.1, 0.15) is 24.8 Å². The SMILES string of the molecule is CN(Cc1ccncc1)CC1(CBr)CCC1. The monoisotopic (exact) mass is 282 g/mol. The molecule has 1 aliphatic rings. The molecule has 3 heteroatoms. The molecule has 1 fully saturated rings. The predicted molar refractivity (Wildman–Crippen MR) is 70.6 cm³/mol. The molecule has 1 heterocycles. The highest BCUT2D eigenvalue weighted by Gasteiger charge is 2.36. The first-order valence-electron chi connectivity index (χ1n) is 5.88. The lowest BCUT2D eigenvalue weighted by atomic mass is 9.70. The van der Waals surface area contributed by atoms with Gasteiger partial charge in [0.15, 0.2) is 0 Å². The lowest BCUT2D eigenvalue weighted by Gasteiger charge is -2.43. The first kappa shape index (κ1) is 12.1. The third-order valence-electron chi connectivity index (χ3n) is 3.50. The lowest BCUT2D eigenvalue weighted by molar-refractivity contribution is 0.102. The van der Waals surface area contributed by atoms with Crippen molar-refractivity contribution in [2.45, 2.75) is 25.8 Å². The summed E-state index contributed by atoms with van der Waals surface area (Å²) in [5.41, 5.74) is 1.89. The zero-order valence-electron chi connectivity index (χ0n) is 9.82. The van der Waals surface area contributed by atoms with Crippen molar-refractivity contribution >= 4 is 15.9 Å². The summed E-state index contributed by atoms with van der Waals surface area (Å²) in [6.07, 6.45) is 7.88. The summed E-state index contributed by atoms with van der Waals surface area (Å²) < 4.78 is 0. The van der Waals surface area contributed by atoms with Crippen LogP contribution in [0.3, 0.4) is 0 Å². The van der Waals surface area contributed by atoms with Gasteiger partial charge in [-0.3, -0.25) is 4.98 Å². The predicted octanol–water partition coefficient (Wildman–Crippen LogP) is 3.08. The summed E-state index contributed by atoms with van der Waals surface area (Å²) >= 11 is 3.66. The Labute approximate surface area is 106 Å². The van der Waals surface area contributed by atoms with Gasteiger partial charge in [0.05, 0.1) is 0 Å². The second-order valence-corrected chi connectivity index (χ2v) is 5.58. The van der Waals surface area contributed by atoms with Gasteiger partial charge in [0.2, 0.25) is 0 Å². The van der Waals surface area contributed by atoms with Crippen LogP contribution in [0.25, 0.3) is 0 Å². The molecule has 1 saturated carbocycles. The normalized spacial score (nSPS) is 18.4. The highest BCUT2D eigenvalue weighted by atomic mass is 79.9. The number of nitrogens with zero attached hydrogens (tertiary/aromatic N) is 2. The quantitative estimate of drug-likeness (QED) is 0.772. The maximum absolute atomic E-state index is 4.04. The molecular weight excluding hydrogens is 264 g/mol. The van der Waals surface area contributed by atoms with Gasteiger partial charge in [0.1, 0.15) is 0 Å². The molecule has 1 aromatic rings. The molecule has 2 nitrogen and oxygen atoms in total. The fourth-order valence-electron chi connectivity index (χ4n) is 2.44. The Kier molecular flexibility index (Phi) is 3.98. The van der Waals surface area contributed by atoms with Gasteiger partial charge in [-0.2, -0.15) is 0 Å². The van der Waals surface area contributed by atoms with Crippen molar-refractivity contribution in [2.75, 3.05) is 18.9 Å². The molecule has 0 amide bonds. The van der Waals surface area contributed by atoms with Gasteiger partial charge in [-0.25, -0.2) is 0 Å². The van der Waals surface area contributed by atoms with E-state index in [1.54, 1.807) is 0 Å². The van der Waals surface area contributed by atoms with Gasteiger partial charge in [-0.05, 0) is 43.0 Å². The molecule has 0 aromatic carbocycles. The van der Waals surface area contributed by atoms with E-state index < -0.39 is 0 Å². The Morgan fingerprint density at radius 1 is 1.38 bits per heavy atom. The smallest absolute Gasteiger partial charge is 0.0271 e. The average Bonchev–Trinajstić information content (AvgIpc) is 2.25. The number of alkyl halides is 1. The second kappa shape index (κ2) is 5.28. The highest BCUT2D eigenvalue weighted by Crippen LogP contribution is 2.42. The summed E-state index contributed by atoms with van der Waals surface area (Å²) in [7, 11) is 2.21. The van der Waals surface area contributed by atoms with Gasteiger partial charge in [0.25, 0.3) is 0 Å². The third kappa shape index (κ3) is 2.83. The molecule has 2 rings (SSSR count). The molecule has 1 aliphatic carbocycles. The number of rotatable bonds is 5. The first-order chi connectivity index (χ1) is 7.74. The third-order valence-corrected chi connectivity index (χ3v) is 4.69. The molecule has 0 aliphatic heterocycles. The fourth-order valence-corrected chi connectivity index (χ4v) is 3.18. The van der Waals surface area contributed by atoms with E-state index >= 15 is 0 Å². The minimum atomic E-state index is 0.543.